The van der Waals surface area contributed by atoms with Gasteiger partial charge >= 0.3 is 0 Å². The monoisotopic (exact) mass is 221 g/mol. The van der Waals surface area contributed by atoms with E-state index in [-0.39, 0.29) is 11.4 Å². The first-order valence-corrected chi connectivity index (χ1v) is 5.81. The molecule has 0 unspecified atom stereocenters. The number of rotatable bonds is 2. The Morgan fingerprint density at radius 3 is 2.81 bits per heavy atom. The molecule has 1 aromatic rings. The van der Waals surface area contributed by atoms with Crippen LogP contribution in [0.4, 0.5) is 0 Å². The zero-order chi connectivity index (χ0) is 11.6. The van der Waals surface area contributed by atoms with E-state index in [1.54, 1.807) is 12.3 Å². The molecule has 88 valence electrons. The fraction of sp³-hybridized carbons (Fsp3) is 0.583. The van der Waals surface area contributed by atoms with Crippen molar-refractivity contribution in [2.75, 3.05) is 0 Å². The van der Waals surface area contributed by atoms with Gasteiger partial charge in [0.25, 0.3) is 5.91 Å². The number of carbonyl (C=O) groups excluding carboxylic acids is 1. The molecular weight excluding hydrogens is 202 g/mol. The summed E-state index contributed by atoms with van der Waals surface area (Å²) >= 11 is 0. The normalized spacial score (nSPS) is 30.0. The van der Waals surface area contributed by atoms with Crippen LogP contribution in [0.3, 0.4) is 0 Å². The Hall–Kier alpha value is -1.29. The topological polar surface area (TPSA) is 70.9 Å². The Bertz CT molecular complexity index is 350. The van der Waals surface area contributed by atoms with Crippen molar-refractivity contribution in [1.29, 1.82) is 0 Å². The molecule has 1 heterocycles. The maximum absolute atomic E-state index is 11.9. The molecule has 1 fully saturated rings. The molecule has 1 aliphatic rings. The third-order valence-corrected chi connectivity index (χ3v) is 3.39. The lowest BCUT2D eigenvalue weighted by atomic mass is 9.81. The van der Waals surface area contributed by atoms with E-state index >= 15 is 0 Å². The van der Waals surface area contributed by atoms with Crippen LogP contribution in [0.5, 0.6) is 0 Å². The lowest BCUT2D eigenvalue weighted by Gasteiger charge is -2.36. The summed E-state index contributed by atoms with van der Waals surface area (Å²) in [4.78, 5) is 14.8. The summed E-state index contributed by atoms with van der Waals surface area (Å²) < 4.78 is 0. The van der Waals surface area contributed by atoms with Gasteiger partial charge in [0.15, 0.2) is 0 Å². The number of nitrogens with two attached hydrogens (primary N) is 1. The van der Waals surface area contributed by atoms with Crippen LogP contribution in [0.2, 0.25) is 0 Å². The molecule has 4 heteroatoms. The molecule has 0 bridgehead atoms. The number of carbonyl (C=O) groups is 1. The number of aromatic amines is 1. The Labute approximate surface area is 95.6 Å². The molecule has 0 aliphatic heterocycles. The maximum Gasteiger partial charge on any atom is 0.268 e. The van der Waals surface area contributed by atoms with Gasteiger partial charge in [0, 0.05) is 17.8 Å². The molecule has 1 saturated carbocycles. The minimum absolute atomic E-state index is 0.0250. The fourth-order valence-electron chi connectivity index (χ4n) is 2.22. The van der Waals surface area contributed by atoms with E-state index in [0.29, 0.717) is 11.7 Å². The van der Waals surface area contributed by atoms with Crippen molar-refractivity contribution in [3.8, 4) is 0 Å². The number of H-pyrrole nitrogens is 1. The Balaban J connectivity index is 1.96. The molecule has 0 atom stereocenters. The number of nitrogens with one attached hydrogen (secondary N) is 2. The number of hydrogen-bond acceptors (Lipinski definition) is 2. The summed E-state index contributed by atoms with van der Waals surface area (Å²) in [6.07, 6.45) is 5.65. The molecule has 1 aliphatic carbocycles. The minimum atomic E-state index is -0.0991. The molecule has 0 aromatic carbocycles. The predicted molar refractivity (Wildman–Crippen MR) is 63.1 cm³/mol. The Kier molecular flexibility index (Phi) is 3.01. The zero-order valence-electron chi connectivity index (χ0n) is 9.62. The summed E-state index contributed by atoms with van der Waals surface area (Å²) in [5, 5.41) is 3.09. The second-order valence-electron chi connectivity index (χ2n) is 4.94. The van der Waals surface area contributed by atoms with E-state index < -0.39 is 0 Å². The molecular formula is C12H19N3O. The quantitative estimate of drug-likeness (QED) is 0.706. The summed E-state index contributed by atoms with van der Waals surface area (Å²) in [5.41, 5.74) is 6.38. The fourth-order valence-corrected chi connectivity index (χ4v) is 2.22. The molecule has 0 spiro atoms. The van der Waals surface area contributed by atoms with Gasteiger partial charge in [0.1, 0.15) is 5.69 Å². The zero-order valence-corrected chi connectivity index (χ0v) is 9.62. The first-order chi connectivity index (χ1) is 7.59. The van der Waals surface area contributed by atoms with E-state index in [1.807, 2.05) is 6.07 Å². The van der Waals surface area contributed by atoms with Crippen molar-refractivity contribution in [2.24, 2.45) is 5.73 Å². The average Bonchev–Trinajstić information content (AvgIpc) is 2.76. The Morgan fingerprint density at radius 2 is 2.25 bits per heavy atom. The highest BCUT2D eigenvalue weighted by molar-refractivity contribution is 5.92. The lowest BCUT2D eigenvalue weighted by Crippen LogP contribution is -2.50. The van der Waals surface area contributed by atoms with Gasteiger partial charge in [-0.3, -0.25) is 4.79 Å². The van der Waals surface area contributed by atoms with Gasteiger partial charge in [0.05, 0.1) is 0 Å². The number of aromatic nitrogens is 1. The highest BCUT2D eigenvalue weighted by atomic mass is 16.2. The summed E-state index contributed by atoms with van der Waals surface area (Å²) in [6, 6.07) is 3.91. The standard InChI is InChI=1S/C12H19N3O/c1-12(6-4-9(13)5-7-12)15-11(16)10-3-2-8-14-10/h2-3,8-9,14H,4-7,13H2,1H3,(H,15,16). The van der Waals surface area contributed by atoms with Crippen LogP contribution in [0.1, 0.15) is 43.1 Å². The van der Waals surface area contributed by atoms with Gasteiger partial charge in [-0.05, 0) is 44.7 Å². The SMILES string of the molecule is CC1(NC(=O)c2ccc[nH]2)CCC(N)CC1. The van der Waals surface area contributed by atoms with Crippen LogP contribution < -0.4 is 11.1 Å². The molecule has 1 amide bonds. The molecule has 0 saturated heterocycles. The molecule has 4 N–H and O–H groups in total. The van der Waals surface area contributed by atoms with E-state index in [0.717, 1.165) is 25.7 Å². The van der Waals surface area contributed by atoms with Crippen molar-refractivity contribution >= 4 is 5.91 Å². The smallest absolute Gasteiger partial charge is 0.268 e. The van der Waals surface area contributed by atoms with Crippen molar-refractivity contribution in [2.45, 2.75) is 44.2 Å². The largest absolute Gasteiger partial charge is 0.357 e. The lowest BCUT2D eigenvalue weighted by molar-refractivity contribution is 0.0873. The molecule has 1 aromatic heterocycles. The third-order valence-electron chi connectivity index (χ3n) is 3.39. The highest BCUT2D eigenvalue weighted by Gasteiger charge is 2.31. The van der Waals surface area contributed by atoms with Crippen molar-refractivity contribution in [3.05, 3.63) is 24.0 Å². The number of hydrogen-bond donors (Lipinski definition) is 3. The van der Waals surface area contributed by atoms with Gasteiger partial charge in [-0.2, -0.15) is 0 Å². The van der Waals surface area contributed by atoms with Gasteiger partial charge in [-0.25, -0.2) is 0 Å². The predicted octanol–water partition coefficient (Wildman–Crippen LogP) is 1.40. The highest BCUT2D eigenvalue weighted by Crippen LogP contribution is 2.27. The Morgan fingerprint density at radius 1 is 1.56 bits per heavy atom. The van der Waals surface area contributed by atoms with Crippen molar-refractivity contribution in [1.82, 2.24) is 10.3 Å². The van der Waals surface area contributed by atoms with Crippen LogP contribution >= 0.6 is 0 Å². The van der Waals surface area contributed by atoms with Crippen molar-refractivity contribution < 1.29 is 4.79 Å². The van der Waals surface area contributed by atoms with E-state index in [4.69, 9.17) is 5.73 Å². The maximum atomic E-state index is 11.9. The van der Waals surface area contributed by atoms with Gasteiger partial charge < -0.3 is 16.0 Å². The minimum Gasteiger partial charge on any atom is -0.357 e. The van der Waals surface area contributed by atoms with Crippen LogP contribution in [0.15, 0.2) is 18.3 Å². The van der Waals surface area contributed by atoms with Crippen molar-refractivity contribution in [3.63, 3.8) is 0 Å². The van der Waals surface area contributed by atoms with Crippen LogP contribution in [0.25, 0.3) is 0 Å². The van der Waals surface area contributed by atoms with Crippen LogP contribution in [-0.2, 0) is 0 Å². The van der Waals surface area contributed by atoms with Gasteiger partial charge in [0.2, 0.25) is 0 Å². The summed E-state index contributed by atoms with van der Waals surface area (Å²) in [6.45, 7) is 2.10. The third kappa shape index (κ3) is 2.44. The van der Waals surface area contributed by atoms with Gasteiger partial charge in [-0.1, -0.05) is 0 Å². The second-order valence-corrected chi connectivity index (χ2v) is 4.94. The van der Waals surface area contributed by atoms with E-state index in [1.165, 1.54) is 0 Å². The number of amides is 1. The molecule has 0 radical (unpaired) electrons. The molecule has 2 rings (SSSR count). The molecule has 4 nitrogen and oxygen atoms in total. The van der Waals surface area contributed by atoms with Crippen LogP contribution in [-0.4, -0.2) is 22.5 Å². The van der Waals surface area contributed by atoms with Crippen LogP contribution in [0, 0.1) is 0 Å². The summed E-state index contributed by atoms with van der Waals surface area (Å²) in [7, 11) is 0. The second kappa shape index (κ2) is 4.29. The van der Waals surface area contributed by atoms with E-state index in [9.17, 15) is 4.79 Å². The summed E-state index contributed by atoms with van der Waals surface area (Å²) in [5.74, 6) is -0.0250. The van der Waals surface area contributed by atoms with E-state index in [2.05, 4.69) is 17.2 Å². The molecule has 16 heavy (non-hydrogen) atoms. The first-order valence-electron chi connectivity index (χ1n) is 5.81. The average molecular weight is 221 g/mol. The van der Waals surface area contributed by atoms with Gasteiger partial charge in [-0.15, -0.1) is 0 Å². The first kappa shape index (κ1) is 11.2.